The molecular formula is C22H20N8O5. The Hall–Kier alpha value is -4.42. The van der Waals surface area contributed by atoms with Gasteiger partial charge in [-0.15, -0.1) is 5.10 Å². The van der Waals surface area contributed by atoms with Crippen molar-refractivity contribution in [3.63, 3.8) is 0 Å². The van der Waals surface area contributed by atoms with Gasteiger partial charge >= 0.3 is 0 Å². The normalized spacial score (nSPS) is 22.0. The molecule has 3 aromatic rings. The highest BCUT2D eigenvalue weighted by atomic mass is 16.5. The molecule has 1 unspecified atom stereocenters. The topological polar surface area (TPSA) is 156 Å². The van der Waals surface area contributed by atoms with Gasteiger partial charge in [0.25, 0.3) is 11.8 Å². The van der Waals surface area contributed by atoms with Crippen LogP contribution in [0.15, 0.2) is 35.2 Å². The van der Waals surface area contributed by atoms with E-state index in [1.165, 1.54) is 22.1 Å². The molecule has 0 bridgehead atoms. The lowest BCUT2D eigenvalue weighted by atomic mass is 10.0. The molecule has 13 nitrogen and oxygen atoms in total. The van der Waals surface area contributed by atoms with Crippen molar-refractivity contribution in [3.05, 3.63) is 53.4 Å². The number of rotatable bonds is 4. The van der Waals surface area contributed by atoms with Crippen LogP contribution in [0.1, 0.15) is 64.0 Å². The Labute approximate surface area is 198 Å². The second-order valence-electron chi connectivity index (χ2n) is 8.73. The summed E-state index contributed by atoms with van der Waals surface area (Å²) in [6, 6.07) is 4.26. The number of likely N-dealkylation sites (tertiary alicyclic amines) is 1. The first kappa shape index (κ1) is 21.1. The monoisotopic (exact) mass is 476 g/mol. The van der Waals surface area contributed by atoms with Crippen molar-refractivity contribution in [2.75, 3.05) is 6.54 Å². The molecule has 2 atom stereocenters. The number of nitrogens with one attached hydrogen (secondary N) is 1. The molecule has 0 spiro atoms. The van der Waals surface area contributed by atoms with Crippen LogP contribution < -0.4 is 5.32 Å². The van der Waals surface area contributed by atoms with Gasteiger partial charge in [-0.05, 0) is 37.0 Å². The Morgan fingerprint density at radius 3 is 2.83 bits per heavy atom. The molecule has 2 fully saturated rings. The second kappa shape index (κ2) is 8.11. The number of amides is 4. The van der Waals surface area contributed by atoms with Gasteiger partial charge in [0.15, 0.2) is 12.0 Å². The number of benzene rings is 1. The Morgan fingerprint density at radius 2 is 2.03 bits per heavy atom. The Morgan fingerprint density at radius 1 is 1.14 bits per heavy atom. The average Bonchev–Trinajstić information content (AvgIpc) is 3.65. The number of fused-ring (bicyclic) bond motifs is 1. The SMILES string of the molecule is O=C1CCC(N2Cc3ccc(-n4cc(C(=O)N5CCC[C@@H]5c5ncno5)nn4)cc3C2=O)C(=O)N1. The molecule has 13 heteroatoms. The number of imide groups is 1. The van der Waals surface area contributed by atoms with Gasteiger partial charge in [0.05, 0.1) is 11.9 Å². The van der Waals surface area contributed by atoms with E-state index in [1.54, 1.807) is 23.1 Å². The summed E-state index contributed by atoms with van der Waals surface area (Å²) in [5.41, 5.74) is 1.95. The highest BCUT2D eigenvalue weighted by Gasteiger charge is 2.39. The van der Waals surface area contributed by atoms with Gasteiger partial charge in [0.1, 0.15) is 12.1 Å². The van der Waals surface area contributed by atoms with E-state index in [4.69, 9.17) is 4.52 Å². The summed E-state index contributed by atoms with van der Waals surface area (Å²) in [5, 5.41) is 14.1. The molecule has 0 aliphatic carbocycles. The van der Waals surface area contributed by atoms with Crippen LogP contribution in [0.25, 0.3) is 5.69 Å². The van der Waals surface area contributed by atoms with Gasteiger partial charge in [-0.2, -0.15) is 4.98 Å². The number of piperidine rings is 1. The van der Waals surface area contributed by atoms with Gasteiger partial charge < -0.3 is 14.3 Å². The molecule has 4 amide bonds. The third-order valence-corrected chi connectivity index (χ3v) is 6.67. The maximum absolute atomic E-state index is 13.1. The first-order valence-corrected chi connectivity index (χ1v) is 11.3. The number of nitrogens with zero attached hydrogens (tertiary/aromatic N) is 7. The van der Waals surface area contributed by atoms with Gasteiger partial charge in [-0.1, -0.05) is 16.4 Å². The quantitative estimate of drug-likeness (QED) is 0.526. The first-order chi connectivity index (χ1) is 17.0. The van der Waals surface area contributed by atoms with E-state index in [-0.39, 0.29) is 42.4 Å². The Kier molecular flexibility index (Phi) is 4.90. The number of carbonyl (C=O) groups excluding carboxylic acids is 4. The Balaban J connectivity index is 1.22. The molecule has 2 saturated heterocycles. The molecule has 6 rings (SSSR count). The van der Waals surface area contributed by atoms with Crippen molar-refractivity contribution in [3.8, 4) is 5.69 Å². The second-order valence-corrected chi connectivity index (χ2v) is 8.73. The van der Waals surface area contributed by atoms with Crippen LogP contribution in [0.5, 0.6) is 0 Å². The predicted molar refractivity (Wildman–Crippen MR) is 115 cm³/mol. The van der Waals surface area contributed by atoms with Gasteiger partial charge in [-0.3, -0.25) is 24.5 Å². The average molecular weight is 476 g/mol. The molecule has 0 saturated carbocycles. The zero-order chi connectivity index (χ0) is 24.1. The number of hydrogen-bond acceptors (Lipinski definition) is 9. The predicted octanol–water partition coefficient (Wildman–Crippen LogP) is 0.389. The lowest BCUT2D eigenvalue weighted by Crippen LogP contribution is -2.52. The fraction of sp³-hybridized carbons (Fsp3) is 0.364. The third kappa shape index (κ3) is 3.55. The molecule has 3 aliphatic heterocycles. The Bertz CT molecular complexity index is 1350. The molecule has 3 aliphatic rings. The van der Waals surface area contributed by atoms with Crippen LogP contribution in [0.3, 0.4) is 0 Å². The maximum atomic E-state index is 13.1. The number of carbonyl (C=O) groups is 4. The van der Waals surface area contributed by atoms with Crippen LogP contribution in [-0.2, 0) is 16.1 Å². The fourth-order valence-electron chi connectivity index (χ4n) is 4.92. The molecule has 1 aromatic carbocycles. The number of aromatic nitrogens is 5. The zero-order valence-electron chi connectivity index (χ0n) is 18.5. The zero-order valence-corrected chi connectivity index (χ0v) is 18.5. The summed E-state index contributed by atoms with van der Waals surface area (Å²) in [4.78, 5) is 57.1. The van der Waals surface area contributed by atoms with E-state index in [0.29, 0.717) is 30.1 Å². The maximum Gasteiger partial charge on any atom is 0.276 e. The highest BCUT2D eigenvalue weighted by Crippen LogP contribution is 2.32. The van der Waals surface area contributed by atoms with Crippen molar-refractivity contribution >= 4 is 23.6 Å². The van der Waals surface area contributed by atoms with Crippen molar-refractivity contribution in [1.29, 1.82) is 0 Å². The van der Waals surface area contributed by atoms with E-state index < -0.39 is 11.9 Å². The molecular weight excluding hydrogens is 456 g/mol. The van der Waals surface area contributed by atoms with Crippen LogP contribution in [0, 0.1) is 0 Å². The summed E-state index contributed by atoms with van der Waals surface area (Å²) in [6.45, 7) is 0.829. The molecule has 35 heavy (non-hydrogen) atoms. The van der Waals surface area contributed by atoms with Crippen molar-refractivity contribution in [2.24, 2.45) is 0 Å². The summed E-state index contributed by atoms with van der Waals surface area (Å²) in [5.74, 6) is -0.972. The van der Waals surface area contributed by atoms with Crippen molar-refractivity contribution in [2.45, 2.75) is 44.3 Å². The standard InChI is InChI=1S/C22H20N8O5/c31-18-6-5-16(19(32)25-18)29-9-12-3-4-13(8-14(12)21(29)33)30-10-15(26-27-30)22(34)28-7-1-2-17(28)20-23-11-24-35-20/h3-4,8,10-11,16-17H,1-2,5-7,9H2,(H,25,31,32)/t16?,17-/m1/s1. The summed E-state index contributed by atoms with van der Waals surface area (Å²) in [7, 11) is 0. The molecule has 178 valence electrons. The van der Waals surface area contributed by atoms with E-state index in [0.717, 1.165) is 18.4 Å². The first-order valence-electron chi connectivity index (χ1n) is 11.3. The van der Waals surface area contributed by atoms with Crippen LogP contribution >= 0.6 is 0 Å². The molecule has 5 heterocycles. The number of hydrogen-bond donors (Lipinski definition) is 1. The minimum absolute atomic E-state index is 0.161. The molecule has 1 N–H and O–H groups in total. The lowest BCUT2D eigenvalue weighted by molar-refractivity contribution is -0.136. The van der Waals surface area contributed by atoms with Gasteiger partial charge in [0.2, 0.25) is 17.7 Å². The van der Waals surface area contributed by atoms with Crippen LogP contribution in [0.4, 0.5) is 0 Å². The summed E-state index contributed by atoms with van der Waals surface area (Å²) >= 11 is 0. The van der Waals surface area contributed by atoms with Crippen LogP contribution in [-0.4, -0.2) is 71.1 Å². The minimum atomic E-state index is -0.682. The molecule has 2 aromatic heterocycles. The molecule has 0 radical (unpaired) electrons. The highest BCUT2D eigenvalue weighted by molar-refractivity contribution is 6.05. The van der Waals surface area contributed by atoms with Crippen molar-refractivity contribution in [1.82, 2.24) is 40.3 Å². The largest absolute Gasteiger partial charge is 0.337 e. The summed E-state index contributed by atoms with van der Waals surface area (Å²) < 4.78 is 6.59. The van der Waals surface area contributed by atoms with E-state index >= 15 is 0 Å². The van der Waals surface area contributed by atoms with Gasteiger partial charge in [-0.25, -0.2) is 4.68 Å². The fourth-order valence-corrected chi connectivity index (χ4v) is 4.92. The van der Waals surface area contributed by atoms with Crippen LogP contribution in [0.2, 0.25) is 0 Å². The summed E-state index contributed by atoms with van der Waals surface area (Å²) in [6.07, 6.45) is 4.85. The van der Waals surface area contributed by atoms with E-state index in [9.17, 15) is 19.2 Å². The third-order valence-electron chi connectivity index (χ3n) is 6.67. The van der Waals surface area contributed by atoms with Crippen molar-refractivity contribution < 1.29 is 23.7 Å². The van der Waals surface area contributed by atoms with Gasteiger partial charge in [0, 0.05) is 25.1 Å². The lowest BCUT2D eigenvalue weighted by Gasteiger charge is -2.29. The van der Waals surface area contributed by atoms with E-state index in [1.807, 2.05) is 0 Å². The smallest absolute Gasteiger partial charge is 0.276 e. The minimum Gasteiger partial charge on any atom is -0.337 e. The van der Waals surface area contributed by atoms with E-state index in [2.05, 4.69) is 25.8 Å².